The van der Waals surface area contributed by atoms with E-state index in [9.17, 15) is 18.0 Å². The summed E-state index contributed by atoms with van der Waals surface area (Å²) < 4.78 is 30.6. The van der Waals surface area contributed by atoms with Crippen LogP contribution in [0.4, 0.5) is 0 Å². The van der Waals surface area contributed by atoms with E-state index in [1.165, 1.54) is 24.9 Å². The zero-order valence-corrected chi connectivity index (χ0v) is 11.5. The van der Waals surface area contributed by atoms with Crippen LogP contribution in [-0.4, -0.2) is 55.0 Å². The second-order valence-electron chi connectivity index (χ2n) is 3.82. The van der Waals surface area contributed by atoms with E-state index in [1.807, 2.05) is 0 Å². The molecule has 1 rings (SSSR count). The number of likely N-dealkylation sites (N-methyl/N-ethyl adjacent to an activating group) is 1. The van der Waals surface area contributed by atoms with Gasteiger partial charge in [0.1, 0.15) is 17.1 Å². The Morgan fingerprint density at radius 3 is 2.53 bits per heavy atom. The Morgan fingerprint density at radius 2 is 2.05 bits per heavy atom. The van der Waals surface area contributed by atoms with Crippen LogP contribution in [-0.2, 0) is 26.6 Å². The summed E-state index contributed by atoms with van der Waals surface area (Å²) in [5.74, 6) is -1.94. The van der Waals surface area contributed by atoms with E-state index < -0.39 is 28.5 Å². The molecule has 0 bridgehead atoms. The number of ether oxygens (including phenoxy) is 1. The van der Waals surface area contributed by atoms with Crippen LogP contribution in [0, 0.1) is 0 Å². The maximum atomic E-state index is 12.0. The van der Waals surface area contributed by atoms with Crippen molar-refractivity contribution in [3.05, 3.63) is 18.0 Å². The molecule has 1 N–H and O–H groups in total. The molecule has 0 spiro atoms. The molecule has 0 aliphatic rings. The molecule has 0 amide bonds. The normalized spacial score (nSPS) is 11.6. The average Bonchev–Trinajstić information content (AvgIpc) is 2.70. The van der Waals surface area contributed by atoms with E-state index in [1.54, 1.807) is 0 Å². The lowest BCUT2D eigenvalue weighted by atomic mass is 10.4. The second kappa shape index (κ2) is 5.41. The highest BCUT2D eigenvalue weighted by Crippen LogP contribution is 2.17. The predicted octanol–water partition coefficient (Wildman–Crippen LogP) is -0.483. The first-order valence-electron chi connectivity index (χ1n) is 5.13. The number of carbonyl (C=O) groups is 2. The molecule has 0 fully saturated rings. The molecule has 0 saturated carbocycles. The van der Waals surface area contributed by atoms with Crippen LogP contribution in [0.3, 0.4) is 0 Å². The number of aryl methyl sites for hydroxylation is 1. The van der Waals surface area contributed by atoms with Gasteiger partial charge in [0.2, 0.25) is 10.0 Å². The number of carboxylic acid groups (broad SMARTS) is 1. The molecule has 1 heterocycles. The first-order chi connectivity index (χ1) is 8.70. The Morgan fingerprint density at radius 1 is 1.47 bits per heavy atom. The minimum Gasteiger partial charge on any atom is -0.480 e. The Bertz CT molecular complexity index is 604. The quantitative estimate of drug-likeness (QED) is 0.734. The number of hydrogen-bond acceptors (Lipinski definition) is 5. The molecule has 19 heavy (non-hydrogen) atoms. The smallest absolute Gasteiger partial charge is 0.354 e. The van der Waals surface area contributed by atoms with Crippen LogP contribution < -0.4 is 0 Å². The van der Waals surface area contributed by atoms with Gasteiger partial charge in [0.05, 0.1) is 7.11 Å². The van der Waals surface area contributed by atoms with Gasteiger partial charge >= 0.3 is 11.9 Å². The summed E-state index contributed by atoms with van der Waals surface area (Å²) in [4.78, 5) is 21.7. The Labute approximate surface area is 110 Å². The van der Waals surface area contributed by atoms with Gasteiger partial charge in [0, 0.05) is 20.3 Å². The first kappa shape index (κ1) is 15.2. The lowest BCUT2D eigenvalue weighted by molar-refractivity contribution is -0.137. The Hall–Kier alpha value is -1.87. The summed E-state index contributed by atoms with van der Waals surface area (Å²) in [7, 11) is -0.137. The lowest BCUT2D eigenvalue weighted by Crippen LogP contribution is -2.31. The summed E-state index contributed by atoms with van der Waals surface area (Å²) >= 11 is 0. The Kier molecular flexibility index (Phi) is 4.32. The topological polar surface area (TPSA) is 106 Å². The molecule has 8 nitrogen and oxygen atoms in total. The summed E-state index contributed by atoms with van der Waals surface area (Å²) in [5, 5.41) is 8.59. The number of aromatic nitrogens is 1. The fourth-order valence-electron chi connectivity index (χ4n) is 1.44. The molecule has 106 valence electrons. The van der Waals surface area contributed by atoms with E-state index in [0.717, 1.165) is 13.1 Å². The van der Waals surface area contributed by atoms with E-state index in [-0.39, 0.29) is 10.6 Å². The van der Waals surface area contributed by atoms with E-state index >= 15 is 0 Å². The van der Waals surface area contributed by atoms with Gasteiger partial charge in [-0.3, -0.25) is 4.79 Å². The molecule has 0 saturated heterocycles. The molecular formula is C10H14N2O6S. The predicted molar refractivity (Wildman–Crippen MR) is 64.2 cm³/mol. The van der Waals surface area contributed by atoms with E-state index in [2.05, 4.69) is 4.74 Å². The fourth-order valence-corrected chi connectivity index (χ4v) is 2.63. The van der Waals surface area contributed by atoms with Crippen LogP contribution in [0.5, 0.6) is 0 Å². The number of hydrogen-bond donors (Lipinski definition) is 1. The van der Waals surface area contributed by atoms with Crippen molar-refractivity contribution in [3.63, 3.8) is 0 Å². The number of sulfonamides is 1. The summed E-state index contributed by atoms with van der Waals surface area (Å²) in [5.41, 5.74) is 0.0600. The van der Waals surface area contributed by atoms with Crippen LogP contribution in [0.1, 0.15) is 10.5 Å². The minimum atomic E-state index is -3.95. The number of carboxylic acids is 1. The molecule has 9 heteroatoms. The van der Waals surface area contributed by atoms with Crippen molar-refractivity contribution in [2.45, 2.75) is 4.90 Å². The highest BCUT2D eigenvalue weighted by atomic mass is 32.2. The summed E-state index contributed by atoms with van der Waals surface area (Å²) in [6, 6.07) is 1.14. The third-order valence-corrected chi connectivity index (χ3v) is 4.21. The molecule has 0 radical (unpaired) electrons. The molecule has 1 aromatic heterocycles. The van der Waals surface area contributed by atoms with Crippen LogP contribution in [0.2, 0.25) is 0 Å². The van der Waals surface area contributed by atoms with Crippen LogP contribution in [0.15, 0.2) is 17.2 Å². The zero-order chi connectivity index (χ0) is 14.8. The van der Waals surface area contributed by atoms with Crippen molar-refractivity contribution in [1.82, 2.24) is 8.87 Å². The SMILES string of the molecule is COC(=O)c1cc(S(=O)(=O)N(C)CC(=O)O)cn1C. The van der Waals surface area contributed by atoms with Crippen LogP contribution >= 0.6 is 0 Å². The number of nitrogens with zero attached hydrogens (tertiary/aromatic N) is 2. The van der Waals surface area contributed by atoms with Gasteiger partial charge in [-0.15, -0.1) is 0 Å². The fraction of sp³-hybridized carbons (Fsp3) is 0.400. The zero-order valence-electron chi connectivity index (χ0n) is 10.7. The second-order valence-corrected chi connectivity index (χ2v) is 5.86. The van der Waals surface area contributed by atoms with Crippen LogP contribution in [0.25, 0.3) is 0 Å². The molecule has 1 aromatic rings. The van der Waals surface area contributed by atoms with Gasteiger partial charge < -0.3 is 14.4 Å². The largest absolute Gasteiger partial charge is 0.480 e. The number of methoxy groups -OCH3 is 1. The van der Waals surface area contributed by atoms with Gasteiger partial charge in [-0.05, 0) is 6.07 Å². The summed E-state index contributed by atoms with van der Waals surface area (Å²) in [6.45, 7) is -0.662. The summed E-state index contributed by atoms with van der Waals surface area (Å²) in [6.07, 6.45) is 1.22. The van der Waals surface area contributed by atoms with Gasteiger partial charge in [0.15, 0.2) is 0 Å². The van der Waals surface area contributed by atoms with E-state index in [4.69, 9.17) is 5.11 Å². The number of aliphatic carboxylic acids is 1. The third kappa shape index (κ3) is 3.12. The Balaban J connectivity index is 3.16. The highest BCUT2D eigenvalue weighted by Gasteiger charge is 2.26. The van der Waals surface area contributed by atoms with Crippen molar-refractivity contribution in [2.75, 3.05) is 20.7 Å². The molecule has 0 aromatic carbocycles. The van der Waals surface area contributed by atoms with Gasteiger partial charge in [-0.25, -0.2) is 13.2 Å². The molecule has 0 aliphatic heterocycles. The maximum absolute atomic E-state index is 12.0. The number of rotatable bonds is 5. The van der Waals surface area contributed by atoms with Crippen molar-refractivity contribution < 1.29 is 27.9 Å². The monoisotopic (exact) mass is 290 g/mol. The van der Waals surface area contributed by atoms with E-state index in [0.29, 0.717) is 4.31 Å². The maximum Gasteiger partial charge on any atom is 0.354 e. The number of esters is 1. The highest BCUT2D eigenvalue weighted by molar-refractivity contribution is 7.89. The van der Waals surface area contributed by atoms with Crippen molar-refractivity contribution in [2.24, 2.45) is 7.05 Å². The van der Waals surface area contributed by atoms with Gasteiger partial charge in [-0.1, -0.05) is 0 Å². The molecule has 0 aliphatic carbocycles. The minimum absolute atomic E-state index is 0.0600. The lowest BCUT2D eigenvalue weighted by Gasteiger charge is -2.13. The van der Waals surface area contributed by atoms with Crippen molar-refractivity contribution >= 4 is 22.0 Å². The third-order valence-electron chi connectivity index (χ3n) is 2.44. The van der Waals surface area contributed by atoms with Crippen molar-refractivity contribution in [3.8, 4) is 0 Å². The van der Waals surface area contributed by atoms with Gasteiger partial charge in [-0.2, -0.15) is 4.31 Å². The molecule has 0 unspecified atom stereocenters. The molecule has 0 atom stereocenters. The standard InChI is InChI=1S/C10H14N2O6S/c1-11-5-7(4-8(11)10(15)18-3)19(16,17)12(2)6-9(13)14/h4-5H,6H2,1-3H3,(H,13,14). The molecular weight excluding hydrogens is 276 g/mol. The first-order valence-corrected chi connectivity index (χ1v) is 6.57. The number of carbonyl (C=O) groups excluding carboxylic acids is 1. The van der Waals surface area contributed by atoms with Gasteiger partial charge in [0.25, 0.3) is 0 Å². The average molecular weight is 290 g/mol. The van der Waals surface area contributed by atoms with Crippen molar-refractivity contribution in [1.29, 1.82) is 0 Å².